The molecule has 0 bridgehead atoms. The molecule has 218 valence electrons. The molecule has 40 heavy (non-hydrogen) atoms. The lowest BCUT2D eigenvalue weighted by Gasteiger charge is -2.35. The average molecular weight is 556 g/mol. The Morgan fingerprint density at radius 3 is 2.50 bits per heavy atom. The highest BCUT2D eigenvalue weighted by atomic mass is 19.1. The largest absolute Gasteiger partial charge is 0.444 e. The molecule has 3 atom stereocenters. The van der Waals surface area contributed by atoms with Crippen LogP contribution in [0.1, 0.15) is 59.4 Å². The normalized spacial score (nSPS) is 23.7. The molecule has 3 aliphatic rings. The zero-order chi connectivity index (χ0) is 29.0. The fraction of sp³-hybridized carbons (Fsp3) is 0.600. The van der Waals surface area contributed by atoms with E-state index in [0.29, 0.717) is 42.5 Å². The molecule has 0 spiro atoms. The number of amidine groups is 1. The van der Waals surface area contributed by atoms with Crippen molar-refractivity contribution >= 4 is 23.7 Å². The summed E-state index contributed by atoms with van der Waals surface area (Å²) < 4.78 is 19.0. The lowest BCUT2D eigenvalue weighted by molar-refractivity contribution is -0.113. The topological polar surface area (TPSA) is 103 Å². The van der Waals surface area contributed by atoms with E-state index in [-0.39, 0.29) is 29.7 Å². The first-order chi connectivity index (χ1) is 18.9. The maximum absolute atomic E-state index is 13.3. The minimum atomic E-state index is -0.615. The maximum Gasteiger partial charge on any atom is 0.410 e. The summed E-state index contributed by atoms with van der Waals surface area (Å²) in [7, 11) is 0. The highest BCUT2D eigenvalue weighted by Gasteiger charge is 2.39. The molecule has 1 aromatic rings. The molecule has 2 saturated heterocycles. The Morgan fingerprint density at radius 2 is 1.85 bits per heavy atom. The van der Waals surface area contributed by atoms with Crippen LogP contribution < -0.4 is 10.6 Å². The van der Waals surface area contributed by atoms with E-state index in [9.17, 15) is 18.8 Å². The number of likely N-dealkylation sites (tertiary alicyclic amines) is 2. The van der Waals surface area contributed by atoms with Gasteiger partial charge in [-0.05, 0) is 84.0 Å². The number of ether oxygens (including phenoxy) is 1. The molecule has 10 heteroatoms. The molecular weight excluding hydrogens is 513 g/mol. The van der Waals surface area contributed by atoms with Crippen LogP contribution in [0.3, 0.4) is 0 Å². The zero-order valence-electron chi connectivity index (χ0n) is 24.3. The highest BCUT2D eigenvalue weighted by molar-refractivity contribution is 6.07. The van der Waals surface area contributed by atoms with Crippen molar-refractivity contribution < 1.29 is 23.5 Å². The molecule has 3 amide bonds. The van der Waals surface area contributed by atoms with E-state index in [1.165, 1.54) is 19.1 Å². The predicted molar refractivity (Wildman–Crippen MR) is 151 cm³/mol. The van der Waals surface area contributed by atoms with Gasteiger partial charge in [-0.2, -0.15) is 0 Å². The van der Waals surface area contributed by atoms with E-state index in [1.807, 2.05) is 32.9 Å². The number of halogens is 1. The Bertz CT molecular complexity index is 1170. The number of hydrogen-bond acceptors (Lipinski definition) is 6. The number of rotatable bonds is 6. The minimum Gasteiger partial charge on any atom is -0.444 e. The Kier molecular flexibility index (Phi) is 9.28. The first kappa shape index (κ1) is 29.7. The smallest absolute Gasteiger partial charge is 0.410 e. The summed E-state index contributed by atoms with van der Waals surface area (Å²) >= 11 is 0. The maximum atomic E-state index is 13.3. The summed E-state index contributed by atoms with van der Waals surface area (Å²) in [4.78, 5) is 46.1. The van der Waals surface area contributed by atoms with Crippen molar-refractivity contribution in [2.45, 2.75) is 71.9 Å². The van der Waals surface area contributed by atoms with E-state index in [0.717, 1.165) is 44.5 Å². The van der Waals surface area contributed by atoms with Gasteiger partial charge in [0.1, 0.15) is 17.3 Å². The van der Waals surface area contributed by atoms with Crippen LogP contribution in [-0.4, -0.2) is 77.9 Å². The summed E-state index contributed by atoms with van der Waals surface area (Å²) in [5.41, 5.74) is 1.74. The van der Waals surface area contributed by atoms with Crippen molar-refractivity contribution in [1.82, 2.24) is 20.4 Å². The standard InChI is InChI=1S/C30H42FN5O4/c1-19-25(20(2)37)14-27(32-19)34-28(38)33-26-18-36(29(39)40-30(3,4)5)17-23(26)16-35-12-6-7-22(15-35)13-21-8-10-24(31)11-9-21/h8-11,22-23,26H,6-7,12-18H2,1-5H3,(H2,32,33,34,38)/t22-,23+,26-/m0/s1. The second-order valence-corrected chi connectivity index (χ2v) is 12.3. The van der Waals surface area contributed by atoms with E-state index >= 15 is 0 Å². The van der Waals surface area contributed by atoms with Crippen LogP contribution >= 0.6 is 0 Å². The molecule has 3 aliphatic heterocycles. The van der Waals surface area contributed by atoms with E-state index in [1.54, 1.807) is 11.8 Å². The second kappa shape index (κ2) is 12.5. The Hall–Kier alpha value is -3.27. The molecule has 0 aliphatic carbocycles. The van der Waals surface area contributed by atoms with Crippen molar-refractivity contribution in [2.24, 2.45) is 16.8 Å². The van der Waals surface area contributed by atoms with Crippen molar-refractivity contribution in [1.29, 1.82) is 0 Å². The number of hydrogen-bond donors (Lipinski definition) is 2. The van der Waals surface area contributed by atoms with Crippen LogP contribution in [0.5, 0.6) is 0 Å². The van der Waals surface area contributed by atoms with Gasteiger partial charge in [0.25, 0.3) is 0 Å². The van der Waals surface area contributed by atoms with Crippen LogP contribution in [0.15, 0.2) is 40.5 Å². The lowest BCUT2D eigenvalue weighted by atomic mass is 9.90. The third-order valence-corrected chi connectivity index (χ3v) is 7.71. The molecular formula is C30H42FN5O4. The van der Waals surface area contributed by atoms with Crippen LogP contribution in [0, 0.1) is 17.7 Å². The third kappa shape index (κ3) is 8.13. The van der Waals surface area contributed by atoms with E-state index in [2.05, 4.69) is 20.5 Å². The number of carbonyl (C=O) groups excluding carboxylic acids is 3. The van der Waals surface area contributed by atoms with Gasteiger partial charge in [0.2, 0.25) is 0 Å². The molecule has 0 saturated carbocycles. The summed E-state index contributed by atoms with van der Waals surface area (Å²) in [6, 6.07) is 6.06. The monoisotopic (exact) mass is 555 g/mol. The van der Waals surface area contributed by atoms with E-state index in [4.69, 9.17) is 4.74 Å². The molecule has 4 rings (SSSR count). The number of nitrogens with zero attached hydrogens (tertiary/aromatic N) is 3. The molecule has 3 heterocycles. The number of nitrogens with one attached hydrogen (secondary N) is 2. The van der Waals surface area contributed by atoms with Crippen LogP contribution in [0.4, 0.5) is 14.0 Å². The Balaban J connectivity index is 1.39. The summed E-state index contributed by atoms with van der Waals surface area (Å²) in [6.45, 7) is 12.2. The van der Waals surface area contributed by atoms with E-state index < -0.39 is 11.6 Å². The number of Topliss-reactive ketones (excluding diaryl/α,β-unsaturated/α-hetero) is 1. The van der Waals surface area contributed by atoms with Gasteiger partial charge in [-0.3, -0.25) is 10.1 Å². The quantitative estimate of drug-likeness (QED) is 0.546. The van der Waals surface area contributed by atoms with Crippen molar-refractivity contribution in [2.75, 3.05) is 32.7 Å². The van der Waals surface area contributed by atoms with Crippen LogP contribution in [0.25, 0.3) is 0 Å². The number of allylic oxidation sites excluding steroid dienone is 1. The first-order valence-corrected chi connectivity index (χ1v) is 14.2. The number of benzene rings is 1. The highest BCUT2D eigenvalue weighted by Crippen LogP contribution is 2.26. The SMILES string of the molecule is CC(=O)C1=C(C)N=C(NC(=O)N[C@H]2CN(C(=O)OC(C)(C)C)C[C@H]2CN2CCC[C@@H](Cc3ccc(F)cc3)C2)C1. The van der Waals surface area contributed by atoms with Crippen molar-refractivity contribution in [3.05, 3.63) is 46.9 Å². The molecule has 0 radical (unpaired) electrons. The number of urea groups is 1. The molecule has 9 nitrogen and oxygen atoms in total. The number of carbonyl (C=O) groups is 3. The summed E-state index contributed by atoms with van der Waals surface area (Å²) in [5.74, 6) is 0.642. The molecule has 2 fully saturated rings. The first-order valence-electron chi connectivity index (χ1n) is 14.2. The van der Waals surface area contributed by atoms with Crippen LogP contribution in [-0.2, 0) is 16.0 Å². The molecule has 1 aromatic carbocycles. The van der Waals surface area contributed by atoms with Crippen LogP contribution in [0.2, 0.25) is 0 Å². The Morgan fingerprint density at radius 1 is 1.12 bits per heavy atom. The summed E-state index contributed by atoms with van der Waals surface area (Å²) in [5, 5.41) is 5.86. The number of piperidine rings is 1. The van der Waals surface area contributed by atoms with Crippen molar-refractivity contribution in [3.63, 3.8) is 0 Å². The average Bonchev–Trinajstić information content (AvgIpc) is 3.42. The minimum absolute atomic E-state index is 0.0148. The number of ketones is 1. The van der Waals surface area contributed by atoms with Gasteiger partial charge in [0.05, 0.1) is 6.04 Å². The molecule has 0 unspecified atom stereocenters. The summed E-state index contributed by atoms with van der Waals surface area (Å²) in [6.07, 6.45) is 2.99. The second-order valence-electron chi connectivity index (χ2n) is 12.3. The van der Waals surface area contributed by atoms with Gasteiger partial charge >= 0.3 is 12.1 Å². The zero-order valence-corrected chi connectivity index (χ0v) is 24.3. The third-order valence-electron chi connectivity index (χ3n) is 7.71. The fourth-order valence-corrected chi connectivity index (χ4v) is 5.86. The molecule has 0 aromatic heterocycles. The molecule has 2 N–H and O–H groups in total. The lowest BCUT2D eigenvalue weighted by Crippen LogP contribution is -2.50. The fourth-order valence-electron chi connectivity index (χ4n) is 5.86. The van der Waals surface area contributed by atoms with Gasteiger partial charge in [0, 0.05) is 49.8 Å². The van der Waals surface area contributed by atoms with Gasteiger partial charge in [0.15, 0.2) is 5.78 Å². The number of amides is 3. The Labute approximate surface area is 236 Å². The van der Waals surface area contributed by atoms with Gasteiger partial charge in [-0.15, -0.1) is 0 Å². The van der Waals surface area contributed by atoms with Gasteiger partial charge in [-0.25, -0.2) is 19.0 Å². The van der Waals surface area contributed by atoms with Gasteiger partial charge < -0.3 is 19.9 Å². The van der Waals surface area contributed by atoms with Crippen molar-refractivity contribution in [3.8, 4) is 0 Å². The predicted octanol–water partition coefficient (Wildman–Crippen LogP) is 4.28. The number of aliphatic imine (C=N–C) groups is 1. The van der Waals surface area contributed by atoms with Gasteiger partial charge in [-0.1, -0.05) is 12.1 Å².